The van der Waals surface area contributed by atoms with Crippen molar-refractivity contribution >= 4 is 0 Å². The summed E-state index contributed by atoms with van der Waals surface area (Å²) in [5.41, 5.74) is 3.89. The molecule has 1 fully saturated rings. The molecule has 126 valence electrons. The van der Waals surface area contributed by atoms with E-state index >= 15 is 0 Å². The Labute approximate surface area is 143 Å². The van der Waals surface area contributed by atoms with Gasteiger partial charge in [-0.15, -0.1) is 0 Å². The van der Waals surface area contributed by atoms with E-state index in [1.807, 2.05) is 6.92 Å². The Kier molecular flexibility index (Phi) is 4.23. The van der Waals surface area contributed by atoms with Gasteiger partial charge in [-0.25, -0.2) is 9.97 Å². The second-order valence-corrected chi connectivity index (χ2v) is 6.90. The minimum Gasteiger partial charge on any atom is -0.493 e. The molecule has 2 bridgehead atoms. The summed E-state index contributed by atoms with van der Waals surface area (Å²) >= 11 is 0. The van der Waals surface area contributed by atoms with Crippen LogP contribution in [0.15, 0.2) is 30.5 Å². The van der Waals surface area contributed by atoms with Gasteiger partial charge in [-0.3, -0.25) is 4.90 Å². The molecule has 24 heavy (non-hydrogen) atoms. The molecule has 4 nitrogen and oxygen atoms in total. The maximum atomic E-state index is 5.95. The van der Waals surface area contributed by atoms with Crippen molar-refractivity contribution in [3.8, 4) is 5.75 Å². The number of fused-ring (bicyclic) bond motifs is 4. The number of hydrogen-bond acceptors (Lipinski definition) is 4. The van der Waals surface area contributed by atoms with Gasteiger partial charge in [-0.1, -0.05) is 25.1 Å². The molecule has 1 aromatic carbocycles. The Morgan fingerprint density at radius 1 is 1.25 bits per heavy atom. The lowest BCUT2D eigenvalue weighted by atomic mass is 9.98. The van der Waals surface area contributed by atoms with E-state index in [0.29, 0.717) is 12.1 Å². The molecule has 0 N–H and O–H groups in total. The monoisotopic (exact) mass is 323 g/mol. The Morgan fingerprint density at radius 3 is 3.00 bits per heavy atom. The fourth-order valence-corrected chi connectivity index (χ4v) is 4.10. The van der Waals surface area contributed by atoms with Crippen molar-refractivity contribution < 1.29 is 4.74 Å². The number of aromatic nitrogens is 2. The Hall–Kier alpha value is -1.94. The number of aryl methyl sites for hydroxylation is 1. The SMILES string of the molecule is CCCOc1ccccc1CN1[C@H]2CC[C@@H]1c1cnc(C)nc1C2. The third-order valence-corrected chi connectivity index (χ3v) is 5.24. The highest BCUT2D eigenvalue weighted by atomic mass is 16.5. The van der Waals surface area contributed by atoms with Gasteiger partial charge in [0, 0.05) is 42.4 Å². The number of rotatable bonds is 5. The van der Waals surface area contributed by atoms with Crippen LogP contribution in [0.4, 0.5) is 0 Å². The van der Waals surface area contributed by atoms with Crippen molar-refractivity contribution in [2.45, 2.75) is 58.2 Å². The zero-order chi connectivity index (χ0) is 16.5. The first-order valence-electron chi connectivity index (χ1n) is 9.05. The first-order chi connectivity index (χ1) is 11.8. The van der Waals surface area contributed by atoms with Crippen LogP contribution in [-0.2, 0) is 13.0 Å². The molecule has 0 radical (unpaired) electrons. The van der Waals surface area contributed by atoms with Crippen LogP contribution in [-0.4, -0.2) is 27.5 Å². The molecule has 1 saturated heterocycles. The first-order valence-corrected chi connectivity index (χ1v) is 9.05. The van der Waals surface area contributed by atoms with E-state index in [9.17, 15) is 0 Å². The molecule has 2 aliphatic rings. The molecule has 2 aromatic rings. The maximum absolute atomic E-state index is 5.95. The number of ether oxygens (including phenoxy) is 1. The Morgan fingerprint density at radius 2 is 2.12 bits per heavy atom. The third-order valence-electron chi connectivity index (χ3n) is 5.24. The molecular formula is C20H25N3O. The standard InChI is InChI=1S/C20H25N3O/c1-3-10-24-20-7-5-4-6-15(20)13-23-16-8-9-19(23)17-12-21-14(2)22-18(17)11-16/h4-7,12,16,19H,3,8-11,13H2,1-2H3/t16-,19+/m0/s1. The molecule has 2 atom stereocenters. The summed E-state index contributed by atoms with van der Waals surface area (Å²) in [6, 6.07) is 9.52. The highest BCUT2D eigenvalue weighted by molar-refractivity contribution is 5.35. The van der Waals surface area contributed by atoms with Gasteiger partial charge in [0.25, 0.3) is 0 Å². The fraction of sp³-hybridized carbons (Fsp3) is 0.500. The van der Waals surface area contributed by atoms with Crippen molar-refractivity contribution in [2.75, 3.05) is 6.61 Å². The first kappa shape index (κ1) is 15.6. The van der Waals surface area contributed by atoms with E-state index in [2.05, 4.69) is 47.3 Å². The van der Waals surface area contributed by atoms with Crippen LogP contribution >= 0.6 is 0 Å². The Bertz CT molecular complexity index is 731. The van der Waals surface area contributed by atoms with Crippen molar-refractivity contribution in [1.29, 1.82) is 0 Å². The van der Waals surface area contributed by atoms with Gasteiger partial charge in [-0.05, 0) is 32.3 Å². The van der Waals surface area contributed by atoms with Gasteiger partial charge in [-0.2, -0.15) is 0 Å². The molecule has 1 aromatic heterocycles. The van der Waals surface area contributed by atoms with E-state index in [0.717, 1.165) is 37.6 Å². The summed E-state index contributed by atoms with van der Waals surface area (Å²) in [6.07, 6.45) is 6.59. The maximum Gasteiger partial charge on any atom is 0.125 e. The number of para-hydroxylation sites is 1. The molecule has 2 aliphatic heterocycles. The summed E-state index contributed by atoms with van der Waals surface area (Å²) in [5.74, 6) is 1.92. The van der Waals surface area contributed by atoms with Crippen LogP contribution in [0.5, 0.6) is 5.75 Å². The molecule has 0 aliphatic carbocycles. The predicted molar refractivity (Wildman–Crippen MR) is 94.0 cm³/mol. The predicted octanol–water partition coefficient (Wildman–Crippen LogP) is 3.84. The average Bonchev–Trinajstić information content (AvgIpc) is 2.87. The van der Waals surface area contributed by atoms with Crippen LogP contribution in [0, 0.1) is 6.92 Å². The van der Waals surface area contributed by atoms with Crippen LogP contribution in [0.1, 0.15) is 54.9 Å². The second-order valence-electron chi connectivity index (χ2n) is 6.90. The summed E-state index contributed by atoms with van der Waals surface area (Å²) < 4.78 is 5.95. The van der Waals surface area contributed by atoms with Gasteiger partial charge in [0.15, 0.2) is 0 Å². The molecule has 4 rings (SSSR count). The highest BCUT2D eigenvalue weighted by Crippen LogP contribution is 2.44. The quantitative estimate of drug-likeness (QED) is 0.838. The summed E-state index contributed by atoms with van der Waals surface area (Å²) in [6.45, 7) is 5.85. The van der Waals surface area contributed by atoms with Crippen molar-refractivity contribution in [3.05, 3.63) is 53.1 Å². The summed E-state index contributed by atoms with van der Waals surface area (Å²) in [4.78, 5) is 11.8. The van der Waals surface area contributed by atoms with Crippen LogP contribution < -0.4 is 4.74 Å². The van der Waals surface area contributed by atoms with E-state index in [1.54, 1.807) is 0 Å². The topological polar surface area (TPSA) is 38.2 Å². The normalized spacial score (nSPS) is 22.4. The Balaban J connectivity index is 1.59. The zero-order valence-corrected chi connectivity index (χ0v) is 14.5. The molecule has 3 heterocycles. The largest absolute Gasteiger partial charge is 0.493 e. The van der Waals surface area contributed by atoms with E-state index in [4.69, 9.17) is 9.72 Å². The van der Waals surface area contributed by atoms with Gasteiger partial charge in [0.1, 0.15) is 11.6 Å². The van der Waals surface area contributed by atoms with E-state index < -0.39 is 0 Å². The van der Waals surface area contributed by atoms with Crippen LogP contribution in [0.3, 0.4) is 0 Å². The third kappa shape index (κ3) is 2.80. The minimum atomic E-state index is 0.457. The smallest absolute Gasteiger partial charge is 0.125 e. The lowest BCUT2D eigenvalue weighted by molar-refractivity contribution is 0.163. The van der Waals surface area contributed by atoms with Gasteiger partial charge >= 0.3 is 0 Å². The van der Waals surface area contributed by atoms with Crippen LogP contribution in [0.25, 0.3) is 0 Å². The fourth-order valence-electron chi connectivity index (χ4n) is 4.10. The number of benzene rings is 1. The van der Waals surface area contributed by atoms with Gasteiger partial charge in [0.05, 0.1) is 12.3 Å². The molecule has 0 amide bonds. The lowest BCUT2D eigenvalue weighted by Gasteiger charge is -2.36. The van der Waals surface area contributed by atoms with Gasteiger partial charge in [0.2, 0.25) is 0 Å². The van der Waals surface area contributed by atoms with E-state index in [1.165, 1.54) is 29.7 Å². The summed E-state index contributed by atoms with van der Waals surface area (Å²) in [5, 5.41) is 0. The lowest BCUT2D eigenvalue weighted by Crippen LogP contribution is -2.37. The molecule has 0 saturated carbocycles. The van der Waals surface area contributed by atoms with E-state index in [-0.39, 0.29) is 0 Å². The minimum absolute atomic E-state index is 0.457. The number of hydrogen-bond donors (Lipinski definition) is 0. The number of nitrogens with zero attached hydrogens (tertiary/aromatic N) is 3. The summed E-state index contributed by atoms with van der Waals surface area (Å²) in [7, 11) is 0. The molecule has 4 heteroatoms. The van der Waals surface area contributed by atoms with Gasteiger partial charge < -0.3 is 4.74 Å². The van der Waals surface area contributed by atoms with Crippen LogP contribution in [0.2, 0.25) is 0 Å². The zero-order valence-electron chi connectivity index (χ0n) is 14.5. The van der Waals surface area contributed by atoms with Crippen molar-refractivity contribution in [3.63, 3.8) is 0 Å². The van der Waals surface area contributed by atoms with Crippen molar-refractivity contribution in [1.82, 2.24) is 14.9 Å². The second kappa shape index (κ2) is 6.52. The average molecular weight is 323 g/mol. The van der Waals surface area contributed by atoms with Crippen molar-refractivity contribution in [2.24, 2.45) is 0 Å². The molecule has 0 unspecified atom stereocenters. The molecule has 0 spiro atoms. The highest BCUT2D eigenvalue weighted by Gasteiger charge is 2.40. The molecular weight excluding hydrogens is 298 g/mol.